The van der Waals surface area contributed by atoms with Gasteiger partial charge in [-0.3, -0.25) is 4.79 Å². The van der Waals surface area contributed by atoms with E-state index < -0.39 is 0 Å². The Morgan fingerprint density at radius 3 is 2.11 bits per heavy atom. The summed E-state index contributed by atoms with van der Waals surface area (Å²) >= 11 is 2.21. The molecule has 0 aromatic heterocycles. The van der Waals surface area contributed by atoms with Crippen LogP contribution in [0.2, 0.25) is 0 Å². The van der Waals surface area contributed by atoms with Gasteiger partial charge in [0, 0.05) is 35.3 Å². The van der Waals surface area contributed by atoms with Crippen LogP contribution in [0.25, 0.3) is 0 Å². The Morgan fingerprint density at radius 2 is 1.58 bits per heavy atom. The molecule has 2 amide bonds. The van der Waals surface area contributed by atoms with Crippen LogP contribution < -0.4 is 0 Å². The zero-order valence-electron chi connectivity index (χ0n) is 10.6. The molecule has 1 fully saturated rings. The second-order valence-corrected chi connectivity index (χ2v) is 5.50. The molecule has 1 heterocycles. The van der Waals surface area contributed by atoms with Crippen LogP contribution in [0.15, 0.2) is 24.3 Å². The van der Waals surface area contributed by atoms with Gasteiger partial charge in [0.2, 0.25) is 0 Å². The summed E-state index contributed by atoms with van der Waals surface area (Å²) < 4.78 is 5.77. The Hall–Kier alpha value is -1.31. The molecule has 5 nitrogen and oxygen atoms in total. The second-order valence-electron chi connectivity index (χ2n) is 4.26. The highest BCUT2D eigenvalue weighted by Gasteiger charge is 2.24. The monoisotopic (exact) mass is 374 g/mol. The van der Waals surface area contributed by atoms with Crippen molar-refractivity contribution in [2.75, 3.05) is 33.3 Å². The smallest absolute Gasteiger partial charge is 0.409 e. The molecule has 1 saturated heterocycles. The number of hydrogen-bond acceptors (Lipinski definition) is 3. The number of halogens is 1. The fourth-order valence-corrected chi connectivity index (χ4v) is 2.36. The molecule has 0 N–H and O–H groups in total. The highest BCUT2D eigenvalue weighted by atomic mass is 127. The van der Waals surface area contributed by atoms with Gasteiger partial charge >= 0.3 is 6.09 Å². The number of rotatable bonds is 1. The largest absolute Gasteiger partial charge is 0.453 e. The van der Waals surface area contributed by atoms with E-state index >= 15 is 0 Å². The Kier molecular flexibility index (Phi) is 4.62. The molecule has 6 heteroatoms. The molecule has 1 aromatic rings. The highest BCUT2D eigenvalue weighted by Crippen LogP contribution is 2.11. The van der Waals surface area contributed by atoms with Crippen LogP contribution in [0.4, 0.5) is 4.79 Å². The first kappa shape index (κ1) is 14.1. The Morgan fingerprint density at radius 1 is 1.05 bits per heavy atom. The molecule has 0 spiro atoms. The second kappa shape index (κ2) is 6.23. The summed E-state index contributed by atoms with van der Waals surface area (Å²) in [6, 6.07) is 7.49. The number of amides is 2. The maximum Gasteiger partial charge on any atom is 0.409 e. The topological polar surface area (TPSA) is 49.9 Å². The van der Waals surface area contributed by atoms with E-state index in [-0.39, 0.29) is 12.0 Å². The summed E-state index contributed by atoms with van der Waals surface area (Å²) in [4.78, 5) is 27.0. The summed E-state index contributed by atoms with van der Waals surface area (Å²) in [6.07, 6.45) is -0.332. The van der Waals surface area contributed by atoms with E-state index in [1.54, 1.807) is 9.80 Å². The summed E-state index contributed by atoms with van der Waals surface area (Å²) in [7, 11) is 1.37. The van der Waals surface area contributed by atoms with Crippen LogP contribution in [-0.2, 0) is 4.74 Å². The van der Waals surface area contributed by atoms with Gasteiger partial charge in [-0.1, -0.05) is 0 Å². The summed E-state index contributed by atoms with van der Waals surface area (Å²) in [5.74, 6) is 0.0147. The van der Waals surface area contributed by atoms with Crippen LogP contribution >= 0.6 is 22.6 Å². The standard InChI is InChI=1S/C13H15IN2O3/c1-19-13(18)16-8-6-15(7-9-16)12(17)10-2-4-11(14)5-3-10/h2-5H,6-9H2,1H3. The summed E-state index contributed by atoms with van der Waals surface area (Å²) in [6.45, 7) is 2.12. The molecule has 2 rings (SSSR count). The van der Waals surface area contributed by atoms with Gasteiger partial charge in [-0.2, -0.15) is 0 Å². The number of hydrogen-bond donors (Lipinski definition) is 0. The summed E-state index contributed by atoms with van der Waals surface area (Å²) in [5.41, 5.74) is 0.687. The predicted molar refractivity (Wildman–Crippen MR) is 79.0 cm³/mol. The Bertz CT molecular complexity index is 467. The Labute approximate surface area is 125 Å². The van der Waals surface area contributed by atoms with Crippen molar-refractivity contribution in [1.82, 2.24) is 9.80 Å². The van der Waals surface area contributed by atoms with Crippen molar-refractivity contribution in [3.63, 3.8) is 0 Å². The van der Waals surface area contributed by atoms with Crippen LogP contribution in [0.1, 0.15) is 10.4 Å². The van der Waals surface area contributed by atoms with Crippen molar-refractivity contribution >= 4 is 34.6 Å². The molecule has 1 aromatic carbocycles. The number of methoxy groups -OCH3 is 1. The molecular weight excluding hydrogens is 359 g/mol. The fourth-order valence-electron chi connectivity index (χ4n) is 2.00. The lowest BCUT2D eigenvalue weighted by molar-refractivity contribution is 0.0599. The molecule has 1 aliphatic heterocycles. The molecule has 0 aliphatic carbocycles. The quantitative estimate of drug-likeness (QED) is 0.705. The van der Waals surface area contributed by atoms with Crippen molar-refractivity contribution in [2.45, 2.75) is 0 Å². The number of ether oxygens (including phenoxy) is 1. The summed E-state index contributed by atoms with van der Waals surface area (Å²) in [5, 5.41) is 0. The lowest BCUT2D eigenvalue weighted by Crippen LogP contribution is -2.50. The fraction of sp³-hybridized carbons (Fsp3) is 0.385. The minimum Gasteiger partial charge on any atom is -0.453 e. The zero-order chi connectivity index (χ0) is 13.8. The van der Waals surface area contributed by atoms with Crippen LogP contribution in [0, 0.1) is 3.57 Å². The van der Waals surface area contributed by atoms with Crippen molar-refractivity contribution in [1.29, 1.82) is 0 Å². The highest BCUT2D eigenvalue weighted by molar-refractivity contribution is 14.1. The lowest BCUT2D eigenvalue weighted by atomic mass is 10.2. The van der Waals surface area contributed by atoms with E-state index in [0.29, 0.717) is 31.7 Å². The van der Waals surface area contributed by atoms with Gasteiger partial charge in [0.1, 0.15) is 0 Å². The number of piperazine rings is 1. The molecule has 0 atom stereocenters. The molecule has 102 valence electrons. The van der Waals surface area contributed by atoms with Gasteiger partial charge in [-0.05, 0) is 46.9 Å². The Balaban J connectivity index is 1.96. The predicted octanol–water partition coefficient (Wildman–Crippen LogP) is 1.82. The van der Waals surface area contributed by atoms with E-state index in [1.807, 2.05) is 24.3 Å². The third-order valence-electron chi connectivity index (χ3n) is 3.09. The van der Waals surface area contributed by atoms with Crippen molar-refractivity contribution < 1.29 is 14.3 Å². The lowest BCUT2D eigenvalue weighted by Gasteiger charge is -2.33. The minimum absolute atomic E-state index is 0.0147. The first-order chi connectivity index (χ1) is 9.11. The van der Waals surface area contributed by atoms with Crippen LogP contribution in [0.3, 0.4) is 0 Å². The van der Waals surface area contributed by atoms with E-state index in [9.17, 15) is 9.59 Å². The number of nitrogens with zero attached hydrogens (tertiary/aromatic N) is 2. The molecule has 1 aliphatic rings. The molecule has 19 heavy (non-hydrogen) atoms. The molecule has 0 radical (unpaired) electrons. The van der Waals surface area contributed by atoms with Gasteiger partial charge in [0.15, 0.2) is 0 Å². The maximum absolute atomic E-state index is 12.2. The minimum atomic E-state index is -0.332. The molecule has 0 unspecified atom stereocenters. The third-order valence-corrected chi connectivity index (χ3v) is 3.81. The number of carbonyl (C=O) groups excluding carboxylic acids is 2. The average molecular weight is 374 g/mol. The maximum atomic E-state index is 12.2. The SMILES string of the molecule is COC(=O)N1CCN(C(=O)c2ccc(I)cc2)CC1. The third kappa shape index (κ3) is 3.37. The van der Waals surface area contributed by atoms with Gasteiger partial charge in [0.25, 0.3) is 5.91 Å². The van der Waals surface area contributed by atoms with Gasteiger partial charge < -0.3 is 14.5 Å². The zero-order valence-corrected chi connectivity index (χ0v) is 12.8. The van der Waals surface area contributed by atoms with Crippen LogP contribution in [0.5, 0.6) is 0 Å². The first-order valence-corrected chi connectivity index (χ1v) is 7.07. The van der Waals surface area contributed by atoms with E-state index in [1.165, 1.54) is 7.11 Å². The normalized spacial score (nSPS) is 15.3. The van der Waals surface area contributed by atoms with E-state index in [0.717, 1.165) is 3.57 Å². The number of carbonyl (C=O) groups is 2. The van der Waals surface area contributed by atoms with Gasteiger partial charge in [-0.25, -0.2) is 4.79 Å². The van der Waals surface area contributed by atoms with E-state index in [2.05, 4.69) is 27.3 Å². The average Bonchev–Trinajstić information content (AvgIpc) is 2.46. The van der Waals surface area contributed by atoms with Crippen molar-refractivity contribution in [3.8, 4) is 0 Å². The van der Waals surface area contributed by atoms with E-state index in [4.69, 9.17) is 0 Å². The molecular formula is C13H15IN2O3. The molecule has 0 saturated carbocycles. The molecule has 0 bridgehead atoms. The first-order valence-electron chi connectivity index (χ1n) is 5.99. The van der Waals surface area contributed by atoms with Crippen LogP contribution in [-0.4, -0.2) is 55.1 Å². The van der Waals surface area contributed by atoms with Gasteiger partial charge in [-0.15, -0.1) is 0 Å². The number of benzene rings is 1. The van der Waals surface area contributed by atoms with Crippen molar-refractivity contribution in [3.05, 3.63) is 33.4 Å². The van der Waals surface area contributed by atoms with Crippen molar-refractivity contribution in [2.24, 2.45) is 0 Å². The van der Waals surface area contributed by atoms with Gasteiger partial charge in [0.05, 0.1) is 7.11 Å².